The van der Waals surface area contributed by atoms with Gasteiger partial charge in [0.05, 0.1) is 17.2 Å². The van der Waals surface area contributed by atoms with Crippen LogP contribution in [0.5, 0.6) is 5.75 Å². The molecule has 1 heterocycles. The molecule has 4 aliphatic carbocycles. The first-order valence-corrected chi connectivity index (χ1v) is 13.2. The van der Waals surface area contributed by atoms with Crippen molar-refractivity contribution in [2.45, 2.75) is 65.7 Å². The number of aromatic nitrogens is 1. The molecule has 4 aliphatic rings. The van der Waals surface area contributed by atoms with Gasteiger partial charge in [0.15, 0.2) is 0 Å². The van der Waals surface area contributed by atoms with E-state index in [1.807, 2.05) is 24.3 Å². The summed E-state index contributed by atoms with van der Waals surface area (Å²) < 4.78 is 5.72. The third-order valence-corrected chi connectivity index (χ3v) is 10.6. The van der Waals surface area contributed by atoms with Crippen LogP contribution in [0.2, 0.25) is 0 Å². The van der Waals surface area contributed by atoms with E-state index in [-0.39, 0.29) is 10.8 Å². The molecule has 0 saturated heterocycles. The molecule has 5 atom stereocenters. The molecule has 6 rings (SSSR count). The van der Waals surface area contributed by atoms with Gasteiger partial charge in [-0.2, -0.15) is 0 Å². The highest BCUT2D eigenvalue weighted by Crippen LogP contribution is 2.65. The van der Waals surface area contributed by atoms with Crippen LogP contribution in [-0.2, 0) is 11.2 Å². The third-order valence-electron chi connectivity index (χ3n) is 9.39. The molecule has 2 saturated carbocycles. The Bertz CT molecular complexity index is 1120. The average molecular weight is 448 g/mol. The third kappa shape index (κ3) is 2.84. The number of carbonyl (C=O) groups is 1. The number of benzene rings is 1. The number of hydrogen-bond donors (Lipinski definition) is 0. The van der Waals surface area contributed by atoms with Crippen molar-refractivity contribution in [3.05, 3.63) is 40.9 Å². The van der Waals surface area contributed by atoms with E-state index in [2.05, 4.69) is 38.1 Å². The van der Waals surface area contributed by atoms with Crippen molar-refractivity contribution < 1.29 is 9.53 Å². The van der Waals surface area contributed by atoms with Gasteiger partial charge in [0.2, 0.25) is 0 Å². The van der Waals surface area contributed by atoms with Crippen molar-refractivity contribution in [3.63, 3.8) is 0 Å². The van der Waals surface area contributed by atoms with E-state index < -0.39 is 0 Å². The van der Waals surface area contributed by atoms with Gasteiger partial charge >= 0.3 is 0 Å². The van der Waals surface area contributed by atoms with Crippen molar-refractivity contribution >= 4 is 22.7 Å². The molecule has 0 N–H and O–H groups in total. The molecule has 0 unspecified atom stereocenters. The molecule has 3 nitrogen and oxygen atoms in total. The van der Waals surface area contributed by atoms with E-state index in [4.69, 9.17) is 9.72 Å². The Morgan fingerprint density at radius 3 is 2.81 bits per heavy atom. The maximum Gasteiger partial charge on any atom is 0.139 e. The molecule has 1 aromatic carbocycles. The maximum atomic E-state index is 12.7. The minimum atomic E-state index is -0.0497. The lowest BCUT2D eigenvalue weighted by atomic mass is 9.48. The standard InChI is InChI=1S/C28H33NO2S/c1-4-31-18-7-5-6-17(16-18)26-29-23-13-15-27(2)21-12-14-28(3)20(10-11-24(28)30)19(21)8-9-22(27)25(23)32-26/h5-7,9,16,19-21H,4,8,10-15H2,1-3H3/t19-,20-,21-,27+,28-/m0/s1. The summed E-state index contributed by atoms with van der Waals surface area (Å²) in [5.74, 6) is 3.41. The van der Waals surface area contributed by atoms with Crippen molar-refractivity contribution in [1.82, 2.24) is 4.98 Å². The lowest BCUT2D eigenvalue weighted by Gasteiger charge is -2.55. The highest BCUT2D eigenvalue weighted by atomic mass is 32.1. The zero-order valence-corrected chi connectivity index (χ0v) is 20.3. The topological polar surface area (TPSA) is 39.2 Å². The molecule has 168 valence electrons. The summed E-state index contributed by atoms with van der Waals surface area (Å²) in [6.45, 7) is 7.49. The first kappa shape index (κ1) is 20.7. The molecule has 4 heteroatoms. The first-order valence-electron chi connectivity index (χ1n) is 12.4. The fraction of sp³-hybridized carbons (Fsp3) is 0.571. The number of Topliss-reactive ketones (excluding diaryl/α,β-unsaturated/α-hetero) is 1. The van der Waals surface area contributed by atoms with Gasteiger partial charge in [-0.3, -0.25) is 4.79 Å². The second-order valence-electron chi connectivity index (χ2n) is 10.8. The van der Waals surface area contributed by atoms with Gasteiger partial charge in [0.25, 0.3) is 0 Å². The van der Waals surface area contributed by atoms with Gasteiger partial charge in [0, 0.05) is 17.4 Å². The van der Waals surface area contributed by atoms with E-state index in [1.165, 1.54) is 23.4 Å². The van der Waals surface area contributed by atoms with Crippen LogP contribution in [-0.4, -0.2) is 17.4 Å². The molecule has 0 radical (unpaired) electrons. The summed E-state index contributed by atoms with van der Waals surface area (Å²) in [6.07, 6.45) is 10.1. The number of ketones is 1. The number of carbonyl (C=O) groups excluding carboxylic acids is 1. The van der Waals surface area contributed by atoms with Crippen LogP contribution < -0.4 is 4.74 Å². The normalized spacial score (nSPS) is 35.4. The van der Waals surface area contributed by atoms with Gasteiger partial charge in [-0.05, 0) is 86.3 Å². The number of aryl methyl sites for hydroxylation is 1. The van der Waals surface area contributed by atoms with E-state index in [1.54, 1.807) is 5.57 Å². The lowest BCUT2D eigenvalue weighted by molar-refractivity contribution is -0.131. The number of nitrogens with zero attached hydrogens (tertiary/aromatic N) is 1. The van der Waals surface area contributed by atoms with Crippen LogP contribution in [0.25, 0.3) is 16.1 Å². The molecule has 0 bridgehead atoms. The molecule has 2 fully saturated rings. The van der Waals surface area contributed by atoms with E-state index in [0.29, 0.717) is 30.1 Å². The number of ether oxygens (including phenoxy) is 1. The first-order chi connectivity index (χ1) is 15.4. The van der Waals surface area contributed by atoms with Crippen LogP contribution >= 0.6 is 11.3 Å². The number of fused-ring (bicyclic) bond motifs is 7. The second kappa shape index (κ2) is 7.28. The number of allylic oxidation sites excluding steroid dienone is 2. The average Bonchev–Trinajstić information content (AvgIpc) is 3.35. The predicted molar refractivity (Wildman–Crippen MR) is 130 cm³/mol. The number of thiazole rings is 1. The molecule has 0 aliphatic heterocycles. The molecule has 1 aromatic heterocycles. The van der Waals surface area contributed by atoms with Gasteiger partial charge < -0.3 is 4.74 Å². The lowest BCUT2D eigenvalue weighted by Crippen LogP contribution is -2.49. The van der Waals surface area contributed by atoms with Gasteiger partial charge in [-0.25, -0.2) is 4.98 Å². The summed E-state index contributed by atoms with van der Waals surface area (Å²) in [5.41, 5.74) is 4.17. The van der Waals surface area contributed by atoms with Gasteiger partial charge in [-0.15, -0.1) is 11.3 Å². The molecular weight excluding hydrogens is 414 g/mol. The predicted octanol–water partition coefficient (Wildman–Crippen LogP) is 6.96. The molecule has 0 spiro atoms. The van der Waals surface area contributed by atoms with Crippen LogP contribution in [0.1, 0.15) is 69.9 Å². The Morgan fingerprint density at radius 2 is 1.97 bits per heavy atom. The van der Waals surface area contributed by atoms with E-state index >= 15 is 0 Å². The highest BCUT2D eigenvalue weighted by Gasteiger charge is 2.58. The Hall–Kier alpha value is -1.94. The fourth-order valence-electron chi connectivity index (χ4n) is 7.66. The fourth-order valence-corrected chi connectivity index (χ4v) is 8.94. The Labute approximate surface area is 195 Å². The van der Waals surface area contributed by atoms with Crippen LogP contribution in [0.4, 0.5) is 0 Å². The molecule has 0 amide bonds. The summed E-state index contributed by atoms with van der Waals surface area (Å²) in [6, 6.07) is 8.36. The Kier molecular flexibility index (Phi) is 4.70. The van der Waals surface area contributed by atoms with Crippen molar-refractivity contribution in [1.29, 1.82) is 0 Å². The maximum absolute atomic E-state index is 12.7. The smallest absolute Gasteiger partial charge is 0.139 e. The zero-order chi connectivity index (χ0) is 22.1. The minimum Gasteiger partial charge on any atom is -0.494 e. The molecule has 32 heavy (non-hydrogen) atoms. The van der Waals surface area contributed by atoms with Crippen LogP contribution in [0.3, 0.4) is 0 Å². The SMILES string of the molecule is CCOc1cccc(-c2nc3c(s2)C2=CC[C@@H]4[C@H](CC[C@]5(C)C(=O)CC[C@@H]45)[C@@]2(C)CC3)c1. The van der Waals surface area contributed by atoms with Crippen molar-refractivity contribution in [2.75, 3.05) is 6.61 Å². The van der Waals surface area contributed by atoms with Gasteiger partial charge in [0.1, 0.15) is 16.5 Å². The van der Waals surface area contributed by atoms with E-state index in [9.17, 15) is 4.79 Å². The number of hydrogen-bond acceptors (Lipinski definition) is 4. The molecule has 2 aromatic rings. The van der Waals surface area contributed by atoms with Crippen LogP contribution in [0.15, 0.2) is 30.3 Å². The minimum absolute atomic E-state index is 0.0497. The number of rotatable bonds is 3. The highest BCUT2D eigenvalue weighted by molar-refractivity contribution is 7.16. The second-order valence-corrected chi connectivity index (χ2v) is 11.8. The summed E-state index contributed by atoms with van der Waals surface area (Å²) >= 11 is 1.87. The zero-order valence-electron chi connectivity index (χ0n) is 19.4. The van der Waals surface area contributed by atoms with Crippen molar-refractivity contribution in [2.24, 2.45) is 28.6 Å². The van der Waals surface area contributed by atoms with Gasteiger partial charge in [-0.1, -0.05) is 32.1 Å². The summed E-state index contributed by atoms with van der Waals surface area (Å²) in [5, 5.41) is 1.11. The summed E-state index contributed by atoms with van der Waals surface area (Å²) in [7, 11) is 0. The quantitative estimate of drug-likeness (QED) is 0.510. The molecular formula is C28H33NO2S. The Balaban J connectivity index is 1.36. The monoisotopic (exact) mass is 447 g/mol. The Morgan fingerprint density at radius 1 is 1.12 bits per heavy atom. The van der Waals surface area contributed by atoms with Crippen molar-refractivity contribution in [3.8, 4) is 16.3 Å². The van der Waals surface area contributed by atoms with E-state index in [0.717, 1.165) is 48.4 Å². The largest absolute Gasteiger partial charge is 0.494 e. The van der Waals surface area contributed by atoms with Crippen LogP contribution in [0, 0.1) is 28.6 Å². The summed E-state index contributed by atoms with van der Waals surface area (Å²) in [4.78, 5) is 19.2.